The standard InChI is InChI=1S/C14H28/c1-4-5-9-12(2)13(3)14-10-7-6-8-11-14/h12-14H,4-11H2,1-3H3. The molecule has 0 aromatic carbocycles. The van der Waals surface area contributed by atoms with Gasteiger partial charge in [-0.3, -0.25) is 0 Å². The third-order valence-electron chi connectivity index (χ3n) is 4.30. The van der Waals surface area contributed by atoms with Gasteiger partial charge in [-0.05, 0) is 17.8 Å². The third kappa shape index (κ3) is 3.63. The number of hydrogen-bond acceptors (Lipinski definition) is 0. The van der Waals surface area contributed by atoms with Crippen LogP contribution in [0.4, 0.5) is 0 Å². The number of unbranched alkanes of at least 4 members (excludes halogenated alkanes) is 1. The average molecular weight is 196 g/mol. The van der Waals surface area contributed by atoms with Crippen LogP contribution in [0.3, 0.4) is 0 Å². The summed E-state index contributed by atoms with van der Waals surface area (Å²) in [6, 6.07) is 0. The molecule has 14 heavy (non-hydrogen) atoms. The Kier molecular flexibility index (Phi) is 5.59. The summed E-state index contributed by atoms with van der Waals surface area (Å²) >= 11 is 0. The summed E-state index contributed by atoms with van der Waals surface area (Å²) in [6.07, 6.45) is 11.8. The molecule has 2 atom stereocenters. The Morgan fingerprint density at radius 1 is 1.07 bits per heavy atom. The summed E-state index contributed by atoms with van der Waals surface area (Å²) in [7, 11) is 0. The van der Waals surface area contributed by atoms with Crippen molar-refractivity contribution in [2.45, 2.75) is 72.1 Å². The largest absolute Gasteiger partial charge is 0.0654 e. The van der Waals surface area contributed by atoms with E-state index in [1.807, 2.05) is 0 Å². The Labute approximate surface area is 90.5 Å². The smallest absolute Gasteiger partial charge is 0.0386 e. The monoisotopic (exact) mass is 196 g/mol. The van der Waals surface area contributed by atoms with E-state index in [0.29, 0.717) is 0 Å². The number of hydrogen-bond donors (Lipinski definition) is 0. The summed E-state index contributed by atoms with van der Waals surface area (Å²) in [4.78, 5) is 0. The van der Waals surface area contributed by atoms with E-state index in [2.05, 4.69) is 20.8 Å². The van der Waals surface area contributed by atoms with Crippen LogP contribution in [0.1, 0.15) is 72.1 Å². The lowest BCUT2D eigenvalue weighted by molar-refractivity contribution is 0.194. The van der Waals surface area contributed by atoms with Crippen molar-refractivity contribution >= 4 is 0 Å². The molecule has 1 saturated carbocycles. The van der Waals surface area contributed by atoms with Crippen molar-refractivity contribution in [2.24, 2.45) is 17.8 Å². The Morgan fingerprint density at radius 3 is 2.29 bits per heavy atom. The molecule has 0 saturated heterocycles. The number of rotatable bonds is 5. The van der Waals surface area contributed by atoms with Crippen LogP contribution in [-0.4, -0.2) is 0 Å². The van der Waals surface area contributed by atoms with Crippen molar-refractivity contribution in [1.29, 1.82) is 0 Å². The molecule has 1 aliphatic rings. The van der Waals surface area contributed by atoms with Crippen molar-refractivity contribution in [3.05, 3.63) is 0 Å². The Morgan fingerprint density at radius 2 is 1.71 bits per heavy atom. The van der Waals surface area contributed by atoms with Crippen molar-refractivity contribution in [1.82, 2.24) is 0 Å². The Balaban J connectivity index is 2.26. The molecule has 1 fully saturated rings. The highest BCUT2D eigenvalue weighted by Crippen LogP contribution is 2.35. The van der Waals surface area contributed by atoms with Crippen molar-refractivity contribution in [3.8, 4) is 0 Å². The molecular weight excluding hydrogens is 168 g/mol. The predicted molar refractivity (Wildman–Crippen MR) is 64.4 cm³/mol. The molecule has 0 aromatic heterocycles. The molecule has 0 N–H and O–H groups in total. The zero-order chi connectivity index (χ0) is 10.4. The van der Waals surface area contributed by atoms with Gasteiger partial charge in [-0.2, -0.15) is 0 Å². The van der Waals surface area contributed by atoms with Gasteiger partial charge in [-0.1, -0.05) is 72.1 Å². The van der Waals surface area contributed by atoms with E-state index in [9.17, 15) is 0 Å². The minimum Gasteiger partial charge on any atom is -0.0654 e. The lowest BCUT2D eigenvalue weighted by Crippen LogP contribution is -2.21. The molecule has 1 rings (SSSR count). The molecular formula is C14H28. The highest BCUT2D eigenvalue weighted by molar-refractivity contribution is 4.74. The van der Waals surface area contributed by atoms with Gasteiger partial charge in [-0.15, -0.1) is 0 Å². The van der Waals surface area contributed by atoms with E-state index in [1.54, 1.807) is 0 Å². The van der Waals surface area contributed by atoms with Crippen LogP contribution in [0.15, 0.2) is 0 Å². The van der Waals surface area contributed by atoms with E-state index in [-0.39, 0.29) is 0 Å². The molecule has 0 aromatic rings. The van der Waals surface area contributed by atoms with Gasteiger partial charge in [-0.25, -0.2) is 0 Å². The molecule has 0 heteroatoms. The topological polar surface area (TPSA) is 0 Å². The van der Waals surface area contributed by atoms with Gasteiger partial charge >= 0.3 is 0 Å². The van der Waals surface area contributed by atoms with Gasteiger partial charge in [0.2, 0.25) is 0 Å². The second-order valence-corrected chi connectivity index (χ2v) is 5.38. The lowest BCUT2D eigenvalue weighted by atomic mass is 9.74. The maximum atomic E-state index is 2.50. The molecule has 0 amide bonds. The van der Waals surface area contributed by atoms with Crippen molar-refractivity contribution in [2.75, 3.05) is 0 Å². The van der Waals surface area contributed by atoms with Gasteiger partial charge in [0.15, 0.2) is 0 Å². The SMILES string of the molecule is CCCCC(C)C(C)C1CCCCC1. The average Bonchev–Trinajstić information content (AvgIpc) is 2.26. The van der Waals surface area contributed by atoms with Crippen LogP contribution in [0, 0.1) is 17.8 Å². The highest BCUT2D eigenvalue weighted by Gasteiger charge is 2.23. The fourth-order valence-corrected chi connectivity index (χ4v) is 2.91. The van der Waals surface area contributed by atoms with E-state index in [0.717, 1.165) is 17.8 Å². The summed E-state index contributed by atoms with van der Waals surface area (Å²) < 4.78 is 0. The van der Waals surface area contributed by atoms with Crippen molar-refractivity contribution in [3.63, 3.8) is 0 Å². The van der Waals surface area contributed by atoms with Crippen LogP contribution in [0.5, 0.6) is 0 Å². The lowest BCUT2D eigenvalue weighted by Gasteiger charge is -2.31. The van der Waals surface area contributed by atoms with Crippen LogP contribution >= 0.6 is 0 Å². The van der Waals surface area contributed by atoms with Gasteiger partial charge in [0.05, 0.1) is 0 Å². The normalized spacial score (nSPS) is 23.4. The van der Waals surface area contributed by atoms with Crippen molar-refractivity contribution < 1.29 is 0 Å². The zero-order valence-electron chi connectivity index (χ0n) is 10.4. The molecule has 0 spiro atoms. The third-order valence-corrected chi connectivity index (χ3v) is 4.30. The molecule has 0 bridgehead atoms. The first-order chi connectivity index (χ1) is 6.75. The molecule has 0 aliphatic heterocycles. The Hall–Kier alpha value is 0. The molecule has 0 nitrogen and oxygen atoms in total. The first kappa shape index (κ1) is 12.1. The summed E-state index contributed by atoms with van der Waals surface area (Å²) in [5.74, 6) is 2.98. The zero-order valence-corrected chi connectivity index (χ0v) is 10.4. The molecule has 1 aliphatic carbocycles. The van der Waals surface area contributed by atoms with E-state index >= 15 is 0 Å². The molecule has 2 unspecified atom stereocenters. The maximum absolute atomic E-state index is 2.50. The van der Waals surface area contributed by atoms with Crippen LogP contribution < -0.4 is 0 Å². The van der Waals surface area contributed by atoms with Crippen LogP contribution in [0.2, 0.25) is 0 Å². The van der Waals surface area contributed by atoms with Gasteiger partial charge in [0.25, 0.3) is 0 Å². The maximum Gasteiger partial charge on any atom is -0.0386 e. The predicted octanol–water partition coefficient (Wildman–Crippen LogP) is 5.03. The summed E-state index contributed by atoms with van der Waals surface area (Å²) in [6.45, 7) is 7.27. The van der Waals surface area contributed by atoms with Gasteiger partial charge in [0, 0.05) is 0 Å². The first-order valence-corrected chi connectivity index (χ1v) is 6.75. The molecule has 0 heterocycles. The minimum absolute atomic E-state index is 0.957. The first-order valence-electron chi connectivity index (χ1n) is 6.75. The summed E-state index contributed by atoms with van der Waals surface area (Å²) in [5, 5.41) is 0. The highest BCUT2D eigenvalue weighted by atomic mass is 14.3. The van der Waals surface area contributed by atoms with E-state index in [4.69, 9.17) is 0 Å². The second kappa shape index (κ2) is 6.48. The fourth-order valence-electron chi connectivity index (χ4n) is 2.91. The molecule has 0 radical (unpaired) electrons. The quantitative estimate of drug-likeness (QED) is 0.578. The second-order valence-electron chi connectivity index (χ2n) is 5.38. The van der Waals surface area contributed by atoms with Gasteiger partial charge in [0.1, 0.15) is 0 Å². The van der Waals surface area contributed by atoms with E-state index < -0.39 is 0 Å². The van der Waals surface area contributed by atoms with Crippen LogP contribution in [-0.2, 0) is 0 Å². The molecule has 84 valence electrons. The van der Waals surface area contributed by atoms with Crippen LogP contribution in [0.25, 0.3) is 0 Å². The Bertz CT molecular complexity index is 133. The van der Waals surface area contributed by atoms with Gasteiger partial charge < -0.3 is 0 Å². The summed E-state index contributed by atoms with van der Waals surface area (Å²) in [5.41, 5.74) is 0. The fraction of sp³-hybridized carbons (Fsp3) is 1.00. The van der Waals surface area contributed by atoms with E-state index in [1.165, 1.54) is 51.4 Å². The minimum atomic E-state index is 0.957.